The van der Waals surface area contributed by atoms with Gasteiger partial charge >= 0.3 is 5.97 Å². The summed E-state index contributed by atoms with van der Waals surface area (Å²) in [5.41, 5.74) is 7.61. The van der Waals surface area contributed by atoms with Crippen LogP contribution in [0.2, 0.25) is 0 Å². The Bertz CT molecular complexity index is 2090. The second-order valence-electron chi connectivity index (χ2n) is 12.0. The Hall–Kier alpha value is -5.74. The fraction of sp³-hybridized carbons (Fsp3) is 0.278. The standard InChI is InChI=1S/C36H36N2O13/c1-2-17-11-18(13-21(39)12-17)16-48-33-26(50-36-32(44)30(42)31(43)34(51-36)35(45)46)15-25-28(29(33)41)23(40)14-24(49-25)19-3-6-22(7-4-19)47-10-9-20-5-8-27(37)38-20/h3-8,11-15,30-32,34,36,38-39,41-44H,2,9-10,16,37H2,1H3,(H,45,46). The van der Waals surface area contributed by atoms with Gasteiger partial charge in [-0.3, -0.25) is 4.79 Å². The number of ether oxygens (including phenoxy) is 4. The van der Waals surface area contributed by atoms with E-state index in [9.17, 15) is 40.2 Å². The number of carbonyl (C=O) groups is 1. The summed E-state index contributed by atoms with van der Waals surface area (Å²) < 4.78 is 28.8. The number of phenolic OH excluding ortho intramolecular Hbond substituents is 2. The molecule has 6 rings (SSSR count). The van der Waals surface area contributed by atoms with Crippen molar-refractivity contribution in [3.63, 3.8) is 0 Å². The van der Waals surface area contributed by atoms with Crippen LogP contribution < -0.4 is 25.4 Å². The van der Waals surface area contributed by atoms with Gasteiger partial charge in [0.1, 0.15) is 59.0 Å². The number of anilines is 1. The molecule has 1 aliphatic heterocycles. The normalized spacial score (nSPS) is 20.3. The molecule has 15 nitrogen and oxygen atoms in total. The molecule has 1 fully saturated rings. The molecule has 5 unspecified atom stereocenters. The molecule has 0 bridgehead atoms. The minimum Gasteiger partial charge on any atom is -0.508 e. The van der Waals surface area contributed by atoms with Gasteiger partial charge in [-0.2, -0.15) is 0 Å². The number of benzene rings is 3. The number of rotatable bonds is 12. The monoisotopic (exact) mass is 704 g/mol. The highest BCUT2D eigenvalue weighted by molar-refractivity contribution is 5.89. The highest BCUT2D eigenvalue weighted by atomic mass is 16.7. The van der Waals surface area contributed by atoms with Gasteiger partial charge in [0.05, 0.1) is 6.61 Å². The molecule has 5 atom stereocenters. The molecule has 0 spiro atoms. The molecule has 5 aromatic rings. The third-order valence-corrected chi connectivity index (χ3v) is 8.35. The number of aromatic hydroxyl groups is 2. The van der Waals surface area contributed by atoms with Crippen molar-refractivity contribution in [1.29, 1.82) is 0 Å². The third kappa shape index (κ3) is 7.56. The third-order valence-electron chi connectivity index (χ3n) is 8.35. The molecule has 3 aromatic carbocycles. The van der Waals surface area contributed by atoms with E-state index >= 15 is 0 Å². The zero-order valence-corrected chi connectivity index (χ0v) is 27.2. The van der Waals surface area contributed by atoms with Crippen LogP contribution in [-0.2, 0) is 29.0 Å². The molecule has 0 aliphatic carbocycles. The van der Waals surface area contributed by atoms with E-state index in [1.54, 1.807) is 42.5 Å². The number of aromatic nitrogens is 1. The predicted octanol–water partition coefficient (Wildman–Crippen LogP) is 2.82. The summed E-state index contributed by atoms with van der Waals surface area (Å²) in [7, 11) is 0. The van der Waals surface area contributed by atoms with Gasteiger partial charge in [-0.1, -0.05) is 13.0 Å². The average molecular weight is 705 g/mol. The van der Waals surface area contributed by atoms with Gasteiger partial charge in [-0.15, -0.1) is 0 Å². The summed E-state index contributed by atoms with van der Waals surface area (Å²) in [5.74, 6) is -1.88. The lowest BCUT2D eigenvalue weighted by molar-refractivity contribution is -0.271. The van der Waals surface area contributed by atoms with Gasteiger partial charge in [0.15, 0.2) is 23.0 Å². The quantitative estimate of drug-likeness (QED) is 0.0931. The molecule has 1 saturated heterocycles. The van der Waals surface area contributed by atoms with E-state index < -0.39 is 53.6 Å². The number of aryl methyl sites for hydroxylation is 1. The van der Waals surface area contributed by atoms with Crippen molar-refractivity contribution in [2.75, 3.05) is 12.3 Å². The second-order valence-corrected chi connectivity index (χ2v) is 12.0. The van der Waals surface area contributed by atoms with Crippen molar-refractivity contribution in [2.45, 2.75) is 57.1 Å². The molecule has 9 N–H and O–H groups in total. The molecule has 0 amide bonds. The molecule has 3 heterocycles. The van der Waals surface area contributed by atoms with Crippen molar-refractivity contribution >= 4 is 22.8 Å². The van der Waals surface area contributed by atoms with Gasteiger partial charge in [-0.25, -0.2) is 4.79 Å². The van der Waals surface area contributed by atoms with Gasteiger partial charge in [-0.05, 0) is 66.1 Å². The van der Waals surface area contributed by atoms with Crippen LogP contribution in [0.15, 0.2) is 75.9 Å². The first-order valence-corrected chi connectivity index (χ1v) is 16.0. The molecule has 1 aliphatic rings. The molecular weight excluding hydrogens is 668 g/mol. The minimum atomic E-state index is -1.98. The molecule has 268 valence electrons. The second kappa shape index (κ2) is 14.6. The van der Waals surface area contributed by atoms with Gasteiger partial charge in [0.25, 0.3) is 0 Å². The lowest BCUT2D eigenvalue weighted by Gasteiger charge is -2.38. The summed E-state index contributed by atoms with van der Waals surface area (Å²) in [6, 6.07) is 17.5. The zero-order chi connectivity index (χ0) is 36.4. The van der Waals surface area contributed by atoms with Crippen molar-refractivity contribution in [3.05, 3.63) is 93.8 Å². The van der Waals surface area contributed by atoms with E-state index in [2.05, 4.69) is 4.98 Å². The minimum absolute atomic E-state index is 0.0203. The van der Waals surface area contributed by atoms with Crippen molar-refractivity contribution < 1.29 is 58.8 Å². The van der Waals surface area contributed by atoms with Crippen molar-refractivity contribution in [1.82, 2.24) is 4.98 Å². The molecule has 51 heavy (non-hydrogen) atoms. The highest BCUT2D eigenvalue weighted by Gasteiger charge is 2.48. The number of H-pyrrole nitrogens is 1. The van der Waals surface area contributed by atoms with E-state index in [0.717, 1.165) is 11.3 Å². The number of carboxylic acid groups (broad SMARTS) is 1. The summed E-state index contributed by atoms with van der Waals surface area (Å²) in [6.45, 7) is 2.04. The van der Waals surface area contributed by atoms with Gasteiger partial charge in [0, 0.05) is 29.8 Å². The Morgan fingerprint density at radius 1 is 0.922 bits per heavy atom. The summed E-state index contributed by atoms with van der Waals surface area (Å²) >= 11 is 0. The van der Waals surface area contributed by atoms with E-state index in [1.807, 2.05) is 13.0 Å². The van der Waals surface area contributed by atoms with Crippen LogP contribution in [0.25, 0.3) is 22.3 Å². The van der Waals surface area contributed by atoms with Crippen LogP contribution in [0.3, 0.4) is 0 Å². The van der Waals surface area contributed by atoms with Crippen LogP contribution in [0.1, 0.15) is 23.7 Å². The highest BCUT2D eigenvalue weighted by Crippen LogP contribution is 2.44. The Morgan fingerprint density at radius 2 is 1.67 bits per heavy atom. The SMILES string of the molecule is CCc1cc(O)cc(COc2c(OC3OC(C(=O)O)C(O)C(O)C3O)cc3oc(-c4ccc(OCCc5ccc(N)[nH]5)cc4)cc(=O)c3c2O)c1. The van der Waals surface area contributed by atoms with E-state index in [1.165, 1.54) is 18.2 Å². The number of carboxylic acids is 1. The molecule has 15 heteroatoms. The number of nitrogen functional groups attached to an aromatic ring is 1. The largest absolute Gasteiger partial charge is 0.508 e. The van der Waals surface area contributed by atoms with E-state index in [4.69, 9.17) is 29.1 Å². The number of nitrogens with two attached hydrogens (primary N) is 1. The zero-order valence-electron chi connectivity index (χ0n) is 27.2. The fourth-order valence-corrected chi connectivity index (χ4v) is 5.69. The van der Waals surface area contributed by atoms with E-state index in [-0.39, 0.29) is 34.8 Å². The molecule has 0 radical (unpaired) electrons. The van der Waals surface area contributed by atoms with E-state index in [0.29, 0.717) is 42.1 Å². The number of aliphatic hydroxyl groups excluding tert-OH is 3. The van der Waals surface area contributed by atoms with Crippen molar-refractivity contribution in [2.24, 2.45) is 0 Å². The number of aromatic amines is 1. The first kappa shape index (κ1) is 35.1. The maximum absolute atomic E-state index is 13.5. The molecule has 2 aromatic heterocycles. The van der Waals surface area contributed by atoms with Crippen molar-refractivity contribution in [3.8, 4) is 40.1 Å². The maximum atomic E-state index is 13.5. The number of aliphatic hydroxyl groups is 3. The van der Waals surface area contributed by atoms with Crippen LogP contribution >= 0.6 is 0 Å². The topological polar surface area (TPSA) is 247 Å². The summed E-state index contributed by atoms with van der Waals surface area (Å²) in [5, 5.41) is 61.9. The Balaban J connectivity index is 1.33. The smallest absolute Gasteiger partial charge is 0.335 e. The Kier molecular flexibility index (Phi) is 10.1. The Morgan fingerprint density at radius 3 is 2.35 bits per heavy atom. The summed E-state index contributed by atoms with van der Waals surface area (Å²) in [4.78, 5) is 28.2. The molecule has 0 saturated carbocycles. The summed E-state index contributed by atoms with van der Waals surface area (Å²) in [6.07, 6.45) is -8.55. The lowest BCUT2D eigenvalue weighted by atomic mass is 9.99. The number of aliphatic carboxylic acids is 1. The number of nitrogens with one attached hydrogen (secondary N) is 1. The lowest BCUT2D eigenvalue weighted by Crippen LogP contribution is -2.61. The first-order chi connectivity index (χ1) is 24.4. The predicted molar refractivity (Wildman–Crippen MR) is 181 cm³/mol. The van der Waals surface area contributed by atoms with Crippen LogP contribution in [0, 0.1) is 0 Å². The van der Waals surface area contributed by atoms with Gasteiger partial charge in [0.2, 0.25) is 12.0 Å². The Labute approximate surface area is 289 Å². The van der Waals surface area contributed by atoms with Crippen LogP contribution in [-0.4, -0.2) is 78.9 Å². The maximum Gasteiger partial charge on any atom is 0.335 e. The number of fused-ring (bicyclic) bond motifs is 1. The number of hydrogen-bond acceptors (Lipinski definition) is 13. The number of hydrogen-bond donors (Lipinski definition) is 8. The van der Waals surface area contributed by atoms with Crippen LogP contribution in [0.5, 0.6) is 28.7 Å². The average Bonchev–Trinajstić information content (AvgIpc) is 3.52. The van der Waals surface area contributed by atoms with Crippen LogP contribution in [0.4, 0.5) is 5.82 Å². The fourth-order valence-electron chi connectivity index (χ4n) is 5.69. The van der Waals surface area contributed by atoms with Gasteiger partial charge < -0.3 is 64.7 Å². The number of phenols is 2. The first-order valence-electron chi connectivity index (χ1n) is 16.0. The molecular formula is C36H36N2O13.